The number of rotatable bonds is 0. The first kappa shape index (κ1) is 11.8. The molecule has 64 valence electrons. The molecule has 1 aliphatic heterocycles. The molecule has 0 bridgehead atoms. The van der Waals surface area contributed by atoms with Crippen LogP contribution in [0.25, 0.3) is 0 Å². The van der Waals surface area contributed by atoms with Crippen molar-refractivity contribution in [2.45, 2.75) is 19.8 Å². The minimum absolute atomic E-state index is 0. The Hall–Kier alpha value is 0.755. The molecule has 13 heavy (non-hydrogen) atoms. The van der Waals surface area contributed by atoms with Crippen molar-refractivity contribution in [3.63, 3.8) is 0 Å². The minimum atomic E-state index is -0.219. The van der Waals surface area contributed by atoms with E-state index in [1.807, 2.05) is 6.07 Å². The van der Waals surface area contributed by atoms with Crippen molar-refractivity contribution in [2.24, 2.45) is 0 Å². The summed E-state index contributed by atoms with van der Waals surface area (Å²) in [4.78, 5) is 0. The van der Waals surface area contributed by atoms with Crippen molar-refractivity contribution in [3.05, 3.63) is 35.7 Å². The molecule has 0 aliphatic carbocycles. The summed E-state index contributed by atoms with van der Waals surface area (Å²) in [5.41, 5.74) is 1.62. The van der Waals surface area contributed by atoms with Crippen molar-refractivity contribution in [1.82, 2.24) is 0 Å². The van der Waals surface area contributed by atoms with E-state index in [-0.39, 0.29) is 64.0 Å². The number of fused-ring (bicyclic) bond motifs is 1. The van der Waals surface area contributed by atoms with Gasteiger partial charge in [0.15, 0.2) is 5.82 Å². The first-order valence-corrected chi connectivity index (χ1v) is 4.05. The average Bonchev–Trinajstić information content (AvgIpc) is 2.12. The summed E-state index contributed by atoms with van der Waals surface area (Å²) in [6, 6.07) is 3.73. The zero-order valence-corrected chi connectivity index (χ0v) is 12.8. The Morgan fingerprint density at radius 1 is 1.46 bits per heavy atom. The number of benzene rings is 1. The van der Waals surface area contributed by atoms with Gasteiger partial charge in [0, 0.05) is 0 Å². The third-order valence-electron chi connectivity index (χ3n) is 2.10. The molecule has 1 aromatic carbocycles. The van der Waals surface area contributed by atoms with Gasteiger partial charge in [0.05, 0.1) is 0 Å². The largest absolute Gasteiger partial charge is 1.00 e. The third-order valence-corrected chi connectivity index (χ3v) is 2.10. The molecule has 0 amide bonds. The van der Waals surface area contributed by atoms with E-state index in [9.17, 15) is 4.39 Å². The third kappa shape index (κ3) is 2.41. The van der Waals surface area contributed by atoms with E-state index in [0.717, 1.165) is 18.4 Å². The second kappa shape index (κ2) is 5.01. The van der Waals surface area contributed by atoms with Gasteiger partial charge in [0.1, 0.15) is 5.75 Å². The van der Waals surface area contributed by atoms with E-state index < -0.39 is 0 Å². The maximum atomic E-state index is 13.3. The van der Waals surface area contributed by atoms with Crippen LogP contribution in [0.4, 0.5) is 4.39 Å². The fourth-order valence-electron chi connectivity index (χ4n) is 1.38. The first-order chi connectivity index (χ1) is 5.79. The second-order valence-corrected chi connectivity index (χ2v) is 3.01. The van der Waals surface area contributed by atoms with Gasteiger partial charge in [-0.1, -0.05) is 12.1 Å². The molecular formula is C10H10FORb. The molecule has 2 rings (SSSR count). The Kier molecular flexibility index (Phi) is 4.56. The van der Waals surface area contributed by atoms with Gasteiger partial charge in [-0.3, -0.25) is 0 Å². The second-order valence-electron chi connectivity index (χ2n) is 3.01. The van der Waals surface area contributed by atoms with Gasteiger partial charge in [-0.2, -0.15) is 6.61 Å². The van der Waals surface area contributed by atoms with Gasteiger partial charge in [-0.15, -0.1) is 6.42 Å². The van der Waals surface area contributed by atoms with Crippen LogP contribution in [-0.2, 0) is 6.42 Å². The van der Waals surface area contributed by atoms with Crippen LogP contribution < -0.4 is 62.9 Å². The molecule has 0 saturated heterocycles. The van der Waals surface area contributed by atoms with E-state index in [1.165, 1.54) is 0 Å². The Morgan fingerprint density at radius 3 is 3.00 bits per heavy atom. The van der Waals surface area contributed by atoms with Gasteiger partial charge >= 0.3 is 58.2 Å². The van der Waals surface area contributed by atoms with Crippen LogP contribution in [0.1, 0.15) is 17.5 Å². The molecule has 0 N–H and O–H groups in total. The predicted octanol–water partition coefficient (Wildman–Crippen LogP) is -0.375. The molecule has 0 aromatic heterocycles. The van der Waals surface area contributed by atoms with Gasteiger partial charge in [-0.05, 0) is 24.5 Å². The smallest absolute Gasteiger partial charge is 0.660 e. The van der Waals surface area contributed by atoms with Gasteiger partial charge in [-0.25, -0.2) is 4.39 Å². The standard InChI is InChI=1S/C10H10FO.Rb/c1-7-4-5-8-3-2-6-12-10(8)9(7)11;/h4-6H,2-3H2,1H3;/q-1;+1. The molecule has 1 aliphatic rings. The summed E-state index contributed by atoms with van der Waals surface area (Å²) in [7, 11) is 0. The SMILES string of the molecule is Cc1ccc2c(c1F)O[CH-]CC2.[Rb+]. The van der Waals surface area contributed by atoms with E-state index in [1.54, 1.807) is 19.6 Å². The van der Waals surface area contributed by atoms with Gasteiger partial charge in [0.2, 0.25) is 0 Å². The molecule has 0 saturated carbocycles. The fourth-order valence-corrected chi connectivity index (χ4v) is 1.38. The molecule has 0 unspecified atom stereocenters. The summed E-state index contributed by atoms with van der Waals surface area (Å²) < 4.78 is 18.5. The topological polar surface area (TPSA) is 9.23 Å². The molecule has 1 nitrogen and oxygen atoms in total. The number of hydrogen-bond acceptors (Lipinski definition) is 1. The van der Waals surface area contributed by atoms with E-state index in [4.69, 9.17) is 4.74 Å². The van der Waals surface area contributed by atoms with Crippen LogP contribution in [0.2, 0.25) is 0 Å². The number of ether oxygens (including phenoxy) is 1. The Morgan fingerprint density at radius 2 is 2.23 bits per heavy atom. The van der Waals surface area contributed by atoms with E-state index in [0.29, 0.717) is 11.3 Å². The summed E-state index contributed by atoms with van der Waals surface area (Å²) in [5.74, 6) is 0.199. The quantitative estimate of drug-likeness (QED) is 0.571. The number of halogens is 1. The fraction of sp³-hybridized carbons (Fsp3) is 0.300. The molecule has 0 atom stereocenters. The van der Waals surface area contributed by atoms with Crippen molar-refractivity contribution < 1.29 is 67.3 Å². The van der Waals surface area contributed by atoms with Crippen LogP contribution in [0, 0.1) is 19.3 Å². The Bertz CT molecular complexity index is 312. The van der Waals surface area contributed by atoms with Crippen LogP contribution >= 0.6 is 0 Å². The van der Waals surface area contributed by atoms with Gasteiger partial charge < -0.3 is 4.74 Å². The number of hydrogen-bond donors (Lipinski definition) is 0. The molecule has 1 aromatic rings. The zero-order chi connectivity index (χ0) is 8.55. The minimum Gasteiger partial charge on any atom is -0.660 e. The molecule has 0 fully saturated rings. The molecule has 0 radical (unpaired) electrons. The van der Waals surface area contributed by atoms with Crippen molar-refractivity contribution >= 4 is 0 Å². The predicted molar refractivity (Wildman–Crippen MR) is 44.4 cm³/mol. The first-order valence-electron chi connectivity index (χ1n) is 4.05. The van der Waals surface area contributed by atoms with Crippen molar-refractivity contribution in [1.29, 1.82) is 0 Å². The zero-order valence-electron chi connectivity index (χ0n) is 7.93. The maximum Gasteiger partial charge on any atom is 1.00 e. The average molecular weight is 251 g/mol. The van der Waals surface area contributed by atoms with Crippen LogP contribution in [0.3, 0.4) is 0 Å². The summed E-state index contributed by atoms with van der Waals surface area (Å²) >= 11 is 0. The number of aryl methyl sites for hydroxylation is 2. The molecular weight excluding hydrogens is 241 g/mol. The maximum absolute atomic E-state index is 13.3. The molecule has 0 spiro atoms. The molecule has 1 heterocycles. The van der Waals surface area contributed by atoms with E-state index >= 15 is 0 Å². The van der Waals surface area contributed by atoms with Crippen molar-refractivity contribution in [2.75, 3.05) is 0 Å². The van der Waals surface area contributed by atoms with Crippen LogP contribution in [0.15, 0.2) is 12.1 Å². The Balaban J connectivity index is 0.000000845. The van der Waals surface area contributed by atoms with Crippen molar-refractivity contribution in [3.8, 4) is 5.75 Å². The van der Waals surface area contributed by atoms with Crippen LogP contribution in [0.5, 0.6) is 5.75 Å². The van der Waals surface area contributed by atoms with Crippen LogP contribution in [-0.4, -0.2) is 0 Å². The monoisotopic (exact) mass is 250 g/mol. The molecule has 3 heteroatoms. The summed E-state index contributed by atoms with van der Waals surface area (Å²) in [5, 5.41) is 0. The normalized spacial score (nSPS) is 14.0. The summed E-state index contributed by atoms with van der Waals surface area (Å²) in [6.07, 6.45) is 1.75. The van der Waals surface area contributed by atoms with E-state index in [2.05, 4.69) is 0 Å². The summed E-state index contributed by atoms with van der Waals surface area (Å²) in [6.45, 7) is 3.40. The van der Waals surface area contributed by atoms with Gasteiger partial charge in [0.25, 0.3) is 0 Å². The Labute approximate surface area is 126 Å².